The van der Waals surface area contributed by atoms with Crippen molar-refractivity contribution in [1.82, 2.24) is 0 Å². The Labute approximate surface area is 108 Å². The minimum absolute atomic E-state index is 0.00130. The first-order chi connectivity index (χ1) is 8.21. The largest absolute Gasteiger partial charge is 0.349 e. The van der Waals surface area contributed by atoms with Crippen LogP contribution in [0.15, 0.2) is 0 Å². The fraction of sp³-hybridized carbons (Fsp3) is 1.00. The van der Waals surface area contributed by atoms with Gasteiger partial charge in [-0.05, 0) is 32.1 Å². The molecule has 0 aliphatic heterocycles. The predicted octanol–water partition coefficient (Wildman–Crippen LogP) is 4.91. The molecule has 2 unspecified atom stereocenters. The third kappa shape index (κ3) is 7.77. The number of rotatable bonds is 11. The molecule has 0 aromatic heterocycles. The van der Waals surface area contributed by atoms with E-state index in [4.69, 9.17) is 9.47 Å². The highest BCUT2D eigenvalue weighted by Gasteiger charge is 2.17. The molecule has 0 saturated carbocycles. The van der Waals surface area contributed by atoms with Crippen molar-refractivity contribution in [3.8, 4) is 0 Å². The van der Waals surface area contributed by atoms with Gasteiger partial charge in [-0.25, -0.2) is 0 Å². The van der Waals surface area contributed by atoms with Crippen LogP contribution >= 0.6 is 0 Å². The summed E-state index contributed by atoms with van der Waals surface area (Å²) >= 11 is 0. The summed E-state index contributed by atoms with van der Waals surface area (Å²) in [6.45, 7) is 11.0. The van der Waals surface area contributed by atoms with E-state index in [9.17, 15) is 0 Å². The van der Waals surface area contributed by atoms with E-state index < -0.39 is 0 Å². The van der Waals surface area contributed by atoms with Gasteiger partial charge in [0.25, 0.3) is 0 Å². The summed E-state index contributed by atoms with van der Waals surface area (Å²) in [7, 11) is 0. The topological polar surface area (TPSA) is 18.5 Å². The Kier molecular flexibility index (Phi) is 11.0. The monoisotopic (exact) mass is 244 g/mol. The van der Waals surface area contributed by atoms with Crippen molar-refractivity contribution >= 4 is 0 Å². The summed E-state index contributed by atoms with van der Waals surface area (Å²) in [6.07, 6.45) is 8.41. The molecule has 2 nitrogen and oxygen atoms in total. The predicted molar refractivity (Wildman–Crippen MR) is 74.2 cm³/mol. The minimum Gasteiger partial charge on any atom is -0.349 e. The molecule has 2 atom stereocenters. The molecule has 0 amide bonds. The average Bonchev–Trinajstić information content (AvgIpc) is 2.35. The Bertz CT molecular complexity index is 155. The van der Waals surface area contributed by atoms with Gasteiger partial charge in [0.05, 0.1) is 12.2 Å². The van der Waals surface area contributed by atoms with Crippen LogP contribution < -0.4 is 0 Å². The summed E-state index contributed by atoms with van der Waals surface area (Å²) in [6, 6.07) is 0. The highest BCUT2D eigenvalue weighted by atomic mass is 16.7. The molecule has 0 N–H and O–H groups in total. The van der Waals surface area contributed by atoms with E-state index in [2.05, 4.69) is 34.6 Å². The highest BCUT2D eigenvalue weighted by Crippen LogP contribution is 2.17. The molecule has 104 valence electrons. The van der Waals surface area contributed by atoms with E-state index in [0.717, 1.165) is 38.5 Å². The normalized spacial score (nSPS) is 15.2. The number of hydrogen-bond donors (Lipinski definition) is 0. The van der Waals surface area contributed by atoms with Crippen LogP contribution in [-0.2, 0) is 9.47 Å². The lowest BCUT2D eigenvalue weighted by Crippen LogP contribution is -2.28. The second-order valence-electron chi connectivity index (χ2n) is 4.75. The molecule has 0 aliphatic carbocycles. The molecule has 17 heavy (non-hydrogen) atoms. The fourth-order valence-corrected chi connectivity index (χ4v) is 2.00. The van der Waals surface area contributed by atoms with Crippen LogP contribution in [0.5, 0.6) is 0 Å². The third-order valence-corrected chi connectivity index (χ3v) is 3.19. The van der Waals surface area contributed by atoms with Crippen molar-refractivity contribution < 1.29 is 9.47 Å². The van der Waals surface area contributed by atoms with Gasteiger partial charge in [0.1, 0.15) is 0 Å². The molecule has 0 aromatic rings. The first-order valence-electron chi connectivity index (χ1n) is 7.52. The van der Waals surface area contributed by atoms with Gasteiger partial charge in [0.2, 0.25) is 0 Å². The van der Waals surface area contributed by atoms with Crippen LogP contribution in [0.4, 0.5) is 0 Å². The molecule has 0 radical (unpaired) electrons. The van der Waals surface area contributed by atoms with Crippen LogP contribution in [0.25, 0.3) is 0 Å². The van der Waals surface area contributed by atoms with Crippen molar-refractivity contribution in [3.63, 3.8) is 0 Å². The van der Waals surface area contributed by atoms with Crippen molar-refractivity contribution in [3.05, 3.63) is 0 Å². The van der Waals surface area contributed by atoms with Crippen molar-refractivity contribution in [2.45, 2.75) is 98.1 Å². The zero-order chi connectivity index (χ0) is 13.1. The Morgan fingerprint density at radius 1 is 0.647 bits per heavy atom. The summed E-state index contributed by atoms with van der Waals surface area (Å²) < 4.78 is 12.1. The molecule has 0 saturated heterocycles. The Morgan fingerprint density at radius 2 is 1.12 bits per heavy atom. The smallest absolute Gasteiger partial charge is 0.158 e. The van der Waals surface area contributed by atoms with E-state index in [1.165, 1.54) is 6.42 Å². The van der Waals surface area contributed by atoms with Crippen LogP contribution in [0.2, 0.25) is 0 Å². The quantitative estimate of drug-likeness (QED) is 0.481. The van der Waals surface area contributed by atoms with Gasteiger partial charge in [0, 0.05) is 0 Å². The van der Waals surface area contributed by atoms with E-state index in [0.29, 0.717) is 12.2 Å². The molecule has 0 spiro atoms. The highest BCUT2D eigenvalue weighted by molar-refractivity contribution is 4.59. The third-order valence-electron chi connectivity index (χ3n) is 3.19. The van der Waals surface area contributed by atoms with Crippen LogP contribution in [-0.4, -0.2) is 18.5 Å². The molecule has 0 aromatic carbocycles. The zero-order valence-electron chi connectivity index (χ0n) is 12.5. The second kappa shape index (κ2) is 11.0. The summed E-state index contributed by atoms with van der Waals surface area (Å²) in [5.41, 5.74) is 0. The molecular weight excluding hydrogens is 212 g/mol. The SMILES string of the molecule is CCCC(CC)OC(CCC)OC(CC)CC. The maximum Gasteiger partial charge on any atom is 0.158 e. The summed E-state index contributed by atoms with van der Waals surface area (Å²) in [5, 5.41) is 0. The van der Waals surface area contributed by atoms with Crippen LogP contribution in [0.3, 0.4) is 0 Å². The number of ether oxygens (including phenoxy) is 2. The van der Waals surface area contributed by atoms with E-state index >= 15 is 0 Å². The Hall–Kier alpha value is -0.0800. The van der Waals surface area contributed by atoms with Gasteiger partial charge in [-0.1, -0.05) is 47.5 Å². The first kappa shape index (κ1) is 16.9. The lowest BCUT2D eigenvalue weighted by atomic mass is 10.1. The molecule has 0 fully saturated rings. The lowest BCUT2D eigenvalue weighted by Gasteiger charge is -2.27. The Morgan fingerprint density at radius 3 is 1.53 bits per heavy atom. The zero-order valence-corrected chi connectivity index (χ0v) is 12.5. The fourth-order valence-electron chi connectivity index (χ4n) is 2.00. The van der Waals surface area contributed by atoms with Gasteiger partial charge >= 0.3 is 0 Å². The average molecular weight is 244 g/mol. The van der Waals surface area contributed by atoms with E-state index in [1.807, 2.05) is 0 Å². The standard InChI is InChI=1S/C15H32O2/c1-6-11-14(10-5)17-15(12-7-2)16-13(8-3)9-4/h13-15H,6-12H2,1-5H3. The molecule has 0 bridgehead atoms. The van der Waals surface area contributed by atoms with Gasteiger partial charge in [-0.3, -0.25) is 0 Å². The van der Waals surface area contributed by atoms with Crippen LogP contribution in [0, 0.1) is 0 Å². The number of hydrogen-bond acceptors (Lipinski definition) is 2. The summed E-state index contributed by atoms with van der Waals surface area (Å²) in [4.78, 5) is 0. The molecule has 2 heteroatoms. The van der Waals surface area contributed by atoms with Crippen molar-refractivity contribution in [1.29, 1.82) is 0 Å². The molecule has 0 aliphatic rings. The van der Waals surface area contributed by atoms with Crippen molar-refractivity contribution in [2.75, 3.05) is 0 Å². The minimum atomic E-state index is 0.00130. The van der Waals surface area contributed by atoms with Crippen LogP contribution in [0.1, 0.15) is 79.6 Å². The van der Waals surface area contributed by atoms with E-state index in [-0.39, 0.29) is 6.29 Å². The summed E-state index contributed by atoms with van der Waals surface area (Å²) in [5.74, 6) is 0. The van der Waals surface area contributed by atoms with E-state index in [1.54, 1.807) is 0 Å². The molecular formula is C15H32O2. The maximum absolute atomic E-state index is 6.09. The maximum atomic E-state index is 6.09. The van der Waals surface area contributed by atoms with Crippen molar-refractivity contribution in [2.24, 2.45) is 0 Å². The van der Waals surface area contributed by atoms with Gasteiger partial charge in [-0.15, -0.1) is 0 Å². The Balaban J connectivity index is 4.19. The second-order valence-corrected chi connectivity index (χ2v) is 4.75. The first-order valence-corrected chi connectivity index (χ1v) is 7.52. The van der Waals surface area contributed by atoms with Gasteiger partial charge < -0.3 is 9.47 Å². The van der Waals surface area contributed by atoms with Gasteiger partial charge in [0.15, 0.2) is 6.29 Å². The molecule has 0 rings (SSSR count). The van der Waals surface area contributed by atoms with Gasteiger partial charge in [-0.2, -0.15) is 0 Å². The lowest BCUT2D eigenvalue weighted by molar-refractivity contribution is -0.199. The molecule has 0 heterocycles.